The van der Waals surface area contributed by atoms with Gasteiger partial charge in [0.1, 0.15) is 0 Å². The molecule has 0 atom stereocenters. The lowest BCUT2D eigenvalue weighted by molar-refractivity contribution is 0.401. The zero-order chi connectivity index (χ0) is 18.1. The molecular formula is C20H19Cl3N2. The smallest absolute Gasteiger partial charge is 0.0661 e. The first-order valence-corrected chi connectivity index (χ1v) is 9.07. The van der Waals surface area contributed by atoms with Gasteiger partial charge in [-0.25, -0.2) is 0 Å². The molecule has 0 spiro atoms. The quantitative estimate of drug-likeness (QED) is 0.493. The molecule has 0 radical (unpaired) electrons. The van der Waals surface area contributed by atoms with Gasteiger partial charge in [0.15, 0.2) is 0 Å². The van der Waals surface area contributed by atoms with Gasteiger partial charge in [0.2, 0.25) is 0 Å². The van der Waals surface area contributed by atoms with Gasteiger partial charge in [-0.2, -0.15) is 0 Å². The van der Waals surface area contributed by atoms with Gasteiger partial charge in [-0.05, 0) is 68.5 Å². The molecule has 3 aromatic rings. The molecule has 0 saturated carbocycles. The molecule has 0 aliphatic carbocycles. The number of aromatic nitrogens is 1. The Labute approximate surface area is 163 Å². The number of hydrogen-bond donors (Lipinski definition) is 0. The first kappa shape index (κ1) is 18.3. The van der Waals surface area contributed by atoms with E-state index in [2.05, 4.69) is 36.6 Å². The summed E-state index contributed by atoms with van der Waals surface area (Å²) < 4.78 is 2.18. The van der Waals surface area contributed by atoms with Crippen LogP contribution in [0.2, 0.25) is 15.1 Å². The Morgan fingerprint density at radius 3 is 2.12 bits per heavy atom. The SMILES string of the molecule is Cc1c(CN(C)C)cc(-c2ccc(Cl)cc2)n1-c1ccc(Cl)cc1Cl. The third kappa shape index (κ3) is 3.88. The Hall–Kier alpha value is -1.45. The summed E-state index contributed by atoms with van der Waals surface area (Å²) in [7, 11) is 4.13. The van der Waals surface area contributed by atoms with E-state index in [4.69, 9.17) is 34.8 Å². The minimum atomic E-state index is 0.623. The molecule has 0 amide bonds. The highest BCUT2D eigenvalue weighted by atomic mass is 35.5. The van der Waals surface area contributed by atoms with Gasteiger partial charge in [-0.3, -0.25) is 0 Å². The van der Waals surface area contributed by atoms with Crippen LogP contribution in [-0.2, 0) is 6.54 Å². The first-order chi connectivity index (χ1) is 11.9. The summed E-state index contributed by atoms with van der Waals surface area (Å²) in [4.78, 5) is 2.15. The summed E-state index contributed by atoms with van der Waals surface area (Å²) in [6.45, 7) is 2.97. The summed E-state index contributed by atoms with van der Waals surface area (Å²) in [6.07, 6.45) is 0. The molecule has 0 saturated heterocycles. The lowest BCUT2D eigenvalue weighted by atomic mass is 10.1. The Balaban J connectivity index is 2.24. The zero-order valence-corrected chi connectivity index (χ0v) is 16.6. The van der Waals surface area contributed by atoms with E-state index in [-0.39, 0.29) is 0 Å². The molecule has 5 heteroatoms. The largest absolute Gasteiger partial charge is 0.312 e. The Bertz CT molecular complexity index is 896. The minimum Gasteiger partial charge on any atom is -0.312 e. The number of halogens is 3. The maximum absolute atomic E-state index is 6.50. The molecule has 130 valence electrons. The molecule has 0 N–H and O–H groups in total. The third-order valence-electron chi connectivity index (χ3n) is 4.13. The molecule has 0 bridgehead atoms. The maximum atomic E-state index is 6.50. The van der Waals surface area contributed by atoms with Crippen molar-refractivity contribution in [2.24, 2.45) is 0 Å². The molecule has 2 aromatic carbocycles. The highest BCUT2D eigenvalue weighted by Gasteiger charge is 2.17. The van der Waals surface area contributed by atoms with Crippen molar-refractivity contribution in [3.8, 4) is 16.9 Å². The fraction of sp³-hybridized carbons (Fsp3) is 0.200. The second-order valence-corrected chi connectivity index (χ2v) is 7.60. The number of rotatable bonds is 4. The minimum absolute atomic E-state index is 0.623. The highest BCUT2D eigenvalue weighted by Crippen LogP contribution is 2.34. The van der Waals surface area contributed by atoms with Crippen LogP contribution in [0.25, 0.3) is 16.9 Å². The van der Waals surface area contributed by atoms with Crippen LogP contribution in [0.5, 0.6) is 0 Å². The molecule has 0 fully saturated rings. The van der Waals surface area contributed by atoms with Crippen LogP contribution in [0.3, 0.4) is 0 Å². The van der Waals surface area contributed by atoms with Gasteiger partial charge in [0, 0.05) is 22.3 Å². The van der Waals surface area contributed by atoms with E-state index in [1.807, 2.05) is 36.4 Å². The van der Waals surface area contributed by atoms with E-state index < -0.39 is 0 Å². The fourth-order valence-electron chi connectivity index (χ4n) is 2.97. The topological polar surface area (TPSA) is 8.17 Å². The predicted molar refractivity (Wildman–Crippen MR) is 108 cm³/mol. The molecule has 0 aliphatic rings. The van der Waals surface area contributed by atoms with Crippen LogP contribution in [0.4, 0.5) is 0 Å². The van der Waals surface area contributed by atoms with Gasteiger partial charge in [0.25, 0.3) is 0 Å². The Morgan fingerprint density at radius 1 is 0.880 bits per heavy atom. The van der Waals surface area contributed by atoms with Crippen LogP contribution < -0.4 is 0 Å². The lowest BCUT2D eigenvalue weighted by Gasteiger charge is -2.15. The van der Waals surface area contributed by atoms with Crippen molar-refractivity contribution >= 4 is 34.8 Å². The standard InChI is InChI=1S/C20H19Cl3N2/c1-13-15(12-24(2)3)10-20(14-4-6-16(21)7-5-14)25(13)19-9-8-17(22)11-18(19)23/h4-11H,12H2,1-3H3. The summed E-state index contributed by atoms with van der Waals surface area (Å²) >= 11 is 18.6. The van der Waals surface area contributed by atoms with E-state index in [0.29, 0.717) is 10.0 Å². The maximum Gasteiger partial charge on any atom is 0.0661 e. The molecule has 1 heterocycles. The highest BCUT2D eigenvalue weighted by molar-refractivity contribution is 6.35. The van der Waals surface area contributed by atoms with E-state index in [9.17, 15) is 0 Å². The van der Waals surface area contributed by atoms with Crippen LogP contribution in [0, 0.1) is 6.92 Å². The van der Waals surface area contributed by atoms with E-state index in [1.165, 1.54) is 5.56 Å². The van der Waals surface area contributed by atoms with Gasteiger partial charge in [-0.1, -0.05) is 46.9 Å². The number of benzene rings is 2. The third-order valence-corrected chi connectivity index (χ3v) is 4.92. The van der Waals surface area contributed by atoms with Gasteiger partial charge in [0.05, 0.1) is 16.4 Å². The number of hydrogen-bond acceptors (Lipinski definition) is 1. The van der Waals surface area contributed by atoms with Gasteiger partial charge in [-0.15, -0.1) is 0 Å². The van der Waals surface area contributed by atoms with E-state index in [0.717, 1.165) is 34.2 Å². The van der Waals surface area contributed by atoms with Crippen molar-refractivity contribution in [3.63, 3.8) is 0 Å². The van der Waals surface area contributed by atoms with Crippen molar-refractivity contribution in [2.75, 3.05) is 14.1 Å². The van der Waals surface area contributed by atoms with Crippen LogP contribution in [0.1, 0.15) is 11.3 Å². The molecular weight excluding hydrogens is 375 g/mol. The molecule has 1 aromatic heterocycles. The molecule has 2 nitrogen and oxygen atoms in total. The fourth-order valence-corrected chi connectivity index (χ4v) is 3.58. The Kier molecular flexibility index (Phi) is 5.45. The first-order valence-electron chi connectivity index (χ1n) is 7.94. The summed E-state index contributed by atoms with van der Waals surface area (Å²) in [5.74, 6) is 0. The zero-order valence-electron chi connectivity index (χ0n) is 14.4. The molecule has 0 aliphatic heterocycles. The molecule has 3 rings (SSSR count). The average molecular weight is 394 g/mol. The normalized spacial score (nSPS) is 11.3. The summed E-state index contributed by atoms with van der Waals surface area (Å²) in [5.41, 5.74) is 5.49. The number of nitrogens with zero attached hydrogens (tertiary/aromatic N) is 2. The monoisotopic (exact) mass is 392 g/mol. The summed E-state index contributed by atoms with van der Waals surface area (Å²) in [5, 5.41) is 1.97. The average Bonchev–Trinajstić information content (AvgIpc) is 2.85. The van der Waals surface area contributed by atoms with Gasteiger partial charge < -0.3 is 9.47 Å². The van der Waals surface area contributed by atoms with E-state index in [1.54, 1.807) is 6.07 Å². The van der Waals surface area contributed by atoms with Crippen LogP contribution in [0.15, 0.2) is 48.5 Å². The van der Waals surface area contributed by atoms with Crippen molar-refractivity contribution in [1.29, 1.82) is 0 Å². The molecule has 0 unspecified atom stereocenters. The van der Waals surface area contributed by atoms with Crippen molar-refractivity contribution in [3.05, 3.63) is 74.9 Å². The van der Waals surface area contributed by atoms with Crippen LogP contribution in [-0.4, -0.2) is 23.6 Å². The van der Waals surface area contributed by atoms with Gasteiger partial charge >= 0.3 is 0 Å². The van der Waals surface area contributed by atoms with Crippen LogP contribution >= 0.6 is 34.8 Å². The van der Waals surface area contributed by atoms with Crippen molar-refractivity contribution in [1.82, 2.24) is 9.47 Å². The summed E-state index contributed by atoms with van der Waals surface area (Å²) in [6, 6.07) is 15.7. The lowest BCUT2D eigenvalue weighted by Crippen LogP contribution is -2.11. The van der Waals surface area contributed by atoms with E-state index >= 15 is 0 Å². The second-order valence-electron chi connectivity index (χ2n) is 6.32. The Morgan fingerprint density at radius 2 is 1.52 bits per heavy atom. The predicted octanol–water partition coefficient (Wildman–Crippen LogP) is 6.47. The second kappa shape index (κ2) is 7.43. The van der Waals surface area contributed by atoms with Crippen molar-refractivity contribution < 1.29 is 0 Å². The molecule has 25 heavy (non-hydrogen) atoms. The van der Waals surface area contributed by atoms with Crippen molar-refractivity contribution in [2.45, 2.75) is 13.5 Å².